The smallest absolute Gasteiger partial charge is 0.263 e. The summed E-state index contributed by atoms with van der Waals surface area (Å²) < 4.78 is 1.72. The molecule has 0 fully saturated rings. The summed E-state index contributed by atoms with van der Waals surface area (Å²) >= 11 is 0. The Bertz CT molecular complexity index is 1320. The summed E-state index contributed by atoms with van der Waals surface area (Å²) in [6.45, 7) is 7.95. The largest absolute Gasteiger partial charge is 0.343 e. The molecule has 168 valence electrons. The first-order valence-electron chi connectivity index (χ1n) is 11.2. The Hall–Kier alpha value is -3.93. The Labute approximate surface area is 193 Å². The second-order valence-electron chi connectivity index (χ2n) is 8.01. The lowest BCUT2D eigenvalue weighted by Gasteiger charge is -2.24. The van der Waals surface area contributed by atoms with E-state index in [-0.39, 0.29) is 11.5 Å². The third-order valence-electron chi connectivity index (χ3n) is 5.74. The van der Waals surface area contributed by atoms with Gasteiger partial charge < -0.3 is 10.2 Å². The Morgan fingerprint density at radius 1 is 0.970 bits per heavy atom. The predicted octanol–water partition coefficient (Wildman–Crippen LogP) is 4.85. The maximum absolute atomic E-state index is 13.5. The van der Waals surface area contributed by atoms with E-state index >= 15 is 0 Å². The summed E-state index contributed by atoms with van der Waals surface area (Å²) in [6.07, 6.45) is 0. The van der Waals surface area contributed by atoms with E-state index in [4.69, 9.17) is 4.98 Å². The molecule has 0 atom stereocenters. The van der Waals surface area contributed by atoms with Crippen molar-refractivity contribution in [3.8, 4) is 0 Å². The molecule has 0 saturated heterocycles. The number of nitrogens with one attached hydrogen (secondary N) is 1. The molecule has 6 nitrogen and oxygen atoms in total. The molecule has 1 heterocycles. The van der Waals surface area contributed by atoms with Crippen molar-refractivity contribution in [1.29, 1.82) is 0 Å². The minimum atomic E-state index is -0.236. The number of nitrogens with zero attached hydrogens (tertiary/aromatic N) is 3. The molecule has 3 aromatic carbocycles. The lowest BCUT2D eigenvalue weighted by molar-refractivity contribution is 0.102. The summed E-state index contributed by atoms with van der Waals surface area (Å²) in [7, 11) is 0. The Kier molecular flexibility index (Phi) is 6.54. The SMILES string of the molecule is CCN(CC)c1nc2cc(C(=O)Nc3ccc(C)cc3)ccc2c(=O)n1Cc1ccccc1. The highest BCUT2D eigenvalue weighted by atomic mass is 16.1. The van der Waals surface area contributed by atoms with Gasteiger partial charge in [-0.1, -0.05) is 48.0 Å². The molecule has 6 heteroatoms. The number of anilines is 2. The van der Waals surface area contributed by atoms with Crippen LogP contribution in [-0.4, -0.2) is 28.5 Å². The standard InChI is InChI=1S/C27H28N4O2/c1-4-30(5-2)27-29-24-17-21(25(32)28-22-14-11-19(3)12-15-22)13-16-23(24)26(33)31(27)18-20-9-7-6-8-10-20/h6-17H,4-5,18H2,1-3H3,(H,28,32). The zero-order valence-electron chi connectivity index (χ0n) is 19.2. The molecule has 4 rings (SSSR count). The minimum Gasteiger partial charge on any atom is -0.343 e. The van der Waals surface area contributed by atoms with Crippen molar-refractivity contribution in [1.82, 2.24) is 9.55 Å². The van der Waals surface area contributed by atoms with Crippen molar-refractivity contribution in [2.75, 3.05) is 23.3 Å². The van der Waals surface area contributed by atoms with Crippen LogP contribution in [0.1, 0.15) is 35.3 Å². The van der Waals surface area contributed by atoms with Gasteiger partial charge in [-0.2, -0.15) is 0 Å². The van der Waals surface area contributed by atoms with Gasteiger partial charge in [0, 0.05) is 24.3 Å². The van der Waals surface area contributed by atoms with Gasteiger partial charge in [0.15, 0.2) is 0 Å². The number of benzene rings is 3. The third-order valence-corrected chi connectivity index (χ3v) is 5.74. The summed E-state index contributed by atoms with van der Waals surface area (Å²) in [6, 6.07) is 22.6. The Balaban J connectivity index is 1.76. The number of aryl methyl sites for hydroxylation is 1. The second-order valence-corrected chi connectivity index (χ2v) is 8.01. The molecule has 0 aliphatic heterocycles. The molecule has 1 aromatic heterocycles. The fraction of sp³-hybridized carbons (Fsp3) is 0.222. The molecule has 1 N–H and O–H groups in total. The zero-order chi connectivity index (χ0) is 23.4. The summed E-state index contributed by atoms with van der Waals surface area (Å²) in [5.41, 5.74) is 3.74. The number of carbonyl (C=O) groups is 1. The van der Waals surface area contributed by atoms with Crippen LogP contribution in [0.5, 0.6) is 0 Å². The zero-order valence-corrected chi connectivity index (χ0v) is 19.2. The van der Waals surface area contributed by atoms with E-state index in [0.29, 0.717) is 29.0 Å². The van der Waals surface area contributed by atoms with Gasteiger partial charge in [-0.05, 0) is 56.7 Å². The molecular weight excluding hydrogens is 412 g/mol. The normalized spacial score (nSPS) is 10.9. The van der Waals surface area contributed by atoms with Crippen molar-refractivity contribution in [3.05, 3.63) is 99.8 Å². The molecule has 4 aromatic rings. The van der Waals surface area contributed by atoms with Gasteiger partial charge in [0.25, 0.3) is 11.5 Å². The molecule has 0 unspecified atom stereocenters. The first-order valence-corrected chi connectivity index (χ1v) is 11.2. The maximum Gasteiger partial charge on any atom is 0.263 e. The van der Waals surface area contributed by atoms with E-state index < -0.39 is 0 Å². The Morgan fingerprint density at radius 3 is 2.33 bits per heavy atom. The van der Waals surface area contributed by atoms with Crippen LogP contribution in [0.2, 0.25) is 0 Å². The number of hydrogen-bond donors (Lipinski definition) is 1. The van der Waals surface area contributed by atoms with Crippen LogP contribution in [0.3, 0.4) is 0 Å². The van der Waals surface area contributed by atoms with Gasteiger partial charge in [0.1, 0.15) is 0 Å². The third kappa shape index (κ3) is 4.80. The van der Waals surface area contributed by atoms with Crippen molar-refractivity contribution < 1.29 is 4.79 Å². The van der Waals surface area contributed by atoms with Crippen molar-refractivity contribution in [3.63, 3.8) is 0 Å². The van der Waals surface area contributed by atoms with E-state index in [0.717, 1.165) is 29.9 Å². The van der Waals surface area contributed by atoms with Gasteiger partial charge >= 0.3 is 0 Å². The monoisotopic (exact) mass is 440 g/mol. The second kappa shape index (κ2) is 9.69. The van der Waals surface area contributed by atoms with Crippen molar-refractivity contribution in [2.24, 2.45) is 0 Å². The van der Waals surface area contributed by atoms with Gasteiger partial charge in [-0.15, -0.1) is 0 Å². The minimum absolute atomic E-state index is 0.115. The van der Waals surface area contributed by atoms with Crippen LogP contribution in [0, 0.1) is 6.92 Å². The highest BCUT2D eigenvalue weighted by Crippen LogP contribution is 2.19. The highest BCUT2D eigenvalue weighted by Gasteiger charge is 2.17. The predicted molar refractivity (Wildman–Crippen MR) is 134 cm³/mol. The first-order chi connectivity index (χ1) is 16.0. The topological polar surface area (TPSA) is 67.2 Å². The average Bonchev–Trinajstić information content (AvgIpc) is 2.84. The summed E-state index contributed by atoms with van der Waals surface area (Å²) in [5, 5.41) is 3.40. The number of aromatic nitrogens is 2. The van der Waals surface area contributed by atoms with Crippen molar-refractivity contribution in [2.45, 2.75) is 27.3 Å². The molecule has 1 amide bonds. The van der Waals surface area contributed by atoms with Crippen molar-refractivity contribution >= 4 is 28.4 Å². The number of rotatable bonds is 7. The quantitative estimate of drug-likeness (QED) is 0.446. The highest BCUT2D eigenvalue weighted by molar-refractivity contribution is 6.06. The molecule has 0 aliphatic carbocycles. The summed E-state index contributed by atoms with van der Waals surface area (Å²) in [4.78, 5) is 33.2. The van der Waals surface area contributed by atoms with Crippen LogP contribution in [-0.2, 0) is 6.54 Å². The van der Waals surface area contributed by atoms with Crippen LogP contribution in [0.15, 0.2) is 77.6 Å². The number of fused-ring (bicyclic) bond motifs is 1. The maximum atomic E-state index is 13.5. The van der Waals surface area contributed by atoms with Crippen LogP contribution >= 0.6 is 0 Å². The fourth-order valence-electron chi connectivity index (χ4n) is 3.85. The summed E-state index contributed by atoms with van der Waals surface area (Å²) in [5.74, 6) is 0.373. The molecule has 0 spiro atoms. The van der Waals surface area contributed by atoms with Crippen LogP contribution in [0.25, 0.3) is 10.9 Å². The molecule has 0 aliphatic rings. The van der Waals surface area contributed by atoms with E-state index in [2.05, 4.69) is 10.2 Å². The fourth-order valence-corrected chi connectivity index (χ4v) is 3.85. The molecular formula is C27H28N4O2. The first kappa shape index (κ1) is 22.3. The Morgan fingerprint density at radius 2 is 1.67 bits per heavy atom. The number of carbonyl (C=O) groups excluding carboxylic acids is 1. The number of amides is 1. The molecule has 33 heavy (non-hydrogen) atoms. The van der Waals surface area contributed by atoms with E-state index in [1.165, 1.54) is 0 Å². The van der Waals surface area contributed by atoms with Gasteiger partial charge in [0.05, 0.1) is 17.4 Å². The molecule has 0 saturated carbocycles. The van der Waals surface area contributed by atoms with E-state index in [9.17, 15) is 9.59 Å². The van der Waals surface area contributed by atoms with Crippen LogP contribution in [0.4, 0.5) is 11.6 Å². The molecule has 0 radical (unpaired) electrons. The number of hydrogen-bond acceptors (Lipinski definition) is 4. The van der Waals surface area contributed by atoms with Crippen LogP contribution < -0.4 is 15.8 Å². The van der Waals surface area contributed by atoms with E-state index in [1.54, 1.807) is 22.8 Å². The van der Waals surface area contributed by atoms with Gasteiger partial charge in [-0.3, -0.25) is 14.2 Å². The van der Waals surface area contributed by atoms with Gasteiger partial charge in [0.2, 0.25) is 5.95 Å². The average molecular weight is 441 g/mol. The lowest BCUT2D eigenvalue weighted by atomic mass is 10.1. The van der Waals surface area contributed by atoms with E-state index in [1.807, 2.05) is 75.4 Å². The van der Waals surface area contributed by atoms with Gasteiger partial charge in [-0.25, -0.2) is 4.98 Å². The molecule has 0 bridgehead atoms. The lowest BCUT2D eigenvalue weighted by Crippen LogP contribution is -2.33.